The van der Waals surface area contributed by atoms with Crippen LogP contribution in [0.25, 0.3) is 0 Å². The number of rotatable bonds is 3. The van der Waals surface area contributed by atoms with Gasteiger partial charge in [-0.25, -0.2) is 15.0 Å². The minimum absolute atomic E-state index is 0.0950. The first-order chi connectivity index (χ1) is 10.4. The Labute approximate surface area is 134 Å². The molecular weight excluding hydrogens is 304 g/mol. The monoisotopic (exact) mass is 326 g/mol. The van der Waals surface area contributed by atoms with Crippen molar-refractivity contribution < 1.29 is 4.74 Å². The van der Waals surface area contributed by atoms with Crippen LogP contribution in [0.15, 0.2) is 11.6 Å². The van der Waals surface area contributed by atoms with E-state index in [0.717, 1.165) is 32.8 Å². The van der Waals surface area contributed by atoms with E-state index in [1.807, 2.05) is 6.20 Å². The quantitative estimate of drug-likeness (QED) is 0.840. The van der Waals surface area contributed by atoms with Crippen LogP contribution in [-0.4, -0.2) is 71.6 Å². The molecule has 4 heterocycles. The molecule has 5 nitrogen and oxygen atoms in total. The van der Waals surface area contributed by atoms with Crippen LogP contribution in [0.2, 0.25) is 0 Å². The van der Waals surface area contributed by atoms with Crippen LogP contribution < -0.4 is 0 Å². The van der Waals surface area contributed by atoms with Gasteiger partial charge in [-0.2, -0.15) is 0 Å². The van der Waals surface area contributed by atoms with Crippen molar-refractivity contribution in [2.24, 2.45) is 0 Å². The van der Waals surface area contributed by atoms with Gasteiger partial charge in [0.15, 0.2) is 4.99 Å². The van der Waals surface area contributed by atoms with E-state index in [2.05, 4.69) is 32.1 Å². The number of aromatic nitrogens is 1. The van der Waals surface area contributed by atoms with E-state index < -0.39 is 0 Å². The molecule has 3 saturated heterocycles. The molecule has 0 aromatic carbocycles. The molecule has 0 aliphatic carbocycles. The Balaban J connectivity index is 1.71. The lowest BCUT2D eigenvalue weighted by Crippen LogP contribution is -2.60. The van der Waals surface area contributed by atoms with E-state index in [-0.39, 0.29) is 4.99 Å². The molecule has 116 valence electrons. The van der Waals surface area contributed by atoms with E-state index in [0.29, 0.717) is 0 Å². The van der Waals surface area contributed by atoms with Gasteiger partial charge in [0.2, 0.25) is 0 Å². The Morgan fingerprint density at radius 1 is 1.10 bits per heavy atom. The smallest absolute Gasteiger partial charge is 0.188 e. The zero-order chi connectivity index (χ0) is 14.1. The summed E-state index contributed by atoms with van der Waals surface area (Å²) < 4.78 is 5.58. The zero-order valence-corrected chi connectivity index (χ0v) is 13.9. The maximum atomic E-state index is 5.58. The molecule has 0 amide bonds. The average molecular weight is 326 g/mol. The molecule has 0 N–H and O–H groups in total. The number of nitrogens with zero attached hydrogens (tertiary/aromatic N) is 4. The summed E-state index contributed by atoms with van der Waals surface area (Å²) in [5.74, 6) is 1.17. The third-order valence-corrected chi connectivity index (χ3v) is 6.98. The third kappa shape index (κ3) is 2.44. The van der Waals surface area contributed by atoms with Gasteiger partial charge in [-0.15, -0.1) is 23.1 Å². The number of ether oxygens (including phenoxy) is 1. The maximum Gasteiger partial charge on any atom is 0.188 e. The van der Waals surface area contributed by atoms with E-state index in [9.17, 15) is 0 Å². The molecule has 7 heteroatoms. The predicted molar refractivity (Wildman–Crippen MR) is 86.2 cm³/mol. The summed E-state index contributed by atoms with van der Waals surface area (Å²) in [7, 11) is 0. The second kappa shape index (κ2) is 6.14. The van der Waals surface area contributed by atoms with Crippen molar-refractivity contribution >= 4 is 23.1 Å². The van der Waals surface area contributed by atoms with E-state index in [1.165, 1.54) is 36.7 Å². The molecule has 0 radical (unpaired) electrons. The highest BCUT2D eigenvalue weighted by atomic mass is 32.2. The Morgan fingerprint density at radius 2 is 1.90 bits per heavy atom. The van der Waals surface area contributed by atoms with Crippen LogP contribution in [0.5, 0.6) is 0 Å². The third-order valence-electron chi connectivity index (χ3n) is 4.53. The predicted octanol–water partition coefficient (Wildman–Crippen LogP) is 1.65. The lowest BCUT2D eigenvalue weighted by atomic mass is 10.3. The minimum Gasteiger partial charge on any atom is -0.379 e. The fraction of sp³-hybridized carbons (Fsp3) is 0.786. The number of thiazole rings is 1. The molecule has 3 fully saturated rings. The second-order valence-electron chi connectivity index (χ2n) is 5.68. The number of morpholine rings is 1. The lowest BCUT2D eigenvalue weighted by Gasteiger charge is -2.48. The summed E-state index contributed by atoms with van der Waals surface area (Å²) in [5, 5.41) is 8.52. The summed E-state index contributed by atoms with van der Waals surface area (Å²) in [5.41, 5.74) is 0. The van der Waals surface area contributed by atoms with Crippen LogP contribution in [0.3, 0.4) is 0 Å². The first-order valence-electron chi connectivity index (χ1n) is 7.80. The standard InChI is InChI=1S/C14H22N4OS2/c1-2-5-17(4-1)18-8-12-21-14(18,13-15-3-11-20-13)16-6-9-19-10-7-16/h3,11H,1-2,4-10,12H2. The minimum atomic E-state index is -0.0950. The van der Waals surface area contributed by atoms with E-state index >= 15 is 0 Å². The molecule has 0 spiro atoms. The van der Waals surface area contributed by atoms with Crippen molar-refractivity contribution in [3.8, 4) is 0 Å². The molecule has 1 atom stereocenters. The normalized spacial score (nSPS) is 33.0. The summed E-state index contributed by atoms with van der Waals surface area (Å²) >= 11 is 3.84. The van der Waals surface area contributed by atoms with Crippen LogP contribution in [0, 0.1) is 0 Å². The van der Waals surface area contributed by atoms with Crippen molar-refractivity contribution in [1.82, 2.24) is 19.9 Å². The second-order valence-corrected chi connectivity index (χ2v) is 7.84. The molecule has 4 rings (SSSR count). The van der Waals surface area contributed by atoms with Gasteiger partial charge in [0.1, 0.15) is 5.01 Å². The molecule has 1 aromatic heterocycles. The van der Waals surface area contributed by atoms with E-state index in [1.54, 1.807) is 11.3 Å². The van der Waals surface area contributed by atoms with Gasteiger partial charge in [-0.1, -0.05) is 0 Å². The summed E-state index contributed by atoms with van der Waals surface area (Å²) in [6, 6.07) is 0. The summed E-state index contributed by atoms with van der Waals surface area (Å²) in [4.78, 5) is 7.21. The van der Waals surface area contributed by atoms with Gasteiger partial charge in [0.25, 0.3) is 0 Å². The first kappa shape index (κ1) is 14.4. The molecular formula is C14H22N4OS2. The Morgan fingerprint density at radius 3 is 2.62 bits per heavy atom. The fourth-order valence-electron chi connectivity index (χ4n) is 3.59. The number of hydrogen-bond acceptors (Lipinski definition) is 7. The van der Waals surface area contributed by atoms with E-state index in [4.69, 9.17) is 9.72 Å². The van der Waals surface area contributed by atoms with Crippen molar-refractivity contribution in [3.63, 3.8) is 0 Å². The molecule has 3 aliphatic heterocycles. The van der Waals surface area contributed by atoms with Gasteiger partial charge in [0.05, 0.1) is 13.2 Å². The Kier molecular flexibility index (Phi) is 4.21. The Hall–Kier alpha value is -0.180. The van der Waals surface area contributed by atoms with Crippen molar-refractivity contribution in [2.75, 3.05) is 51.7 Å². The SMILES string of the molecule is c1csc(C2(N3CCOCC3)SCCN2N2CCCC2)n1. The maximum absolute atomic E-state index is 5.58. The topological polar surface area (TPSA) is 31.8 Å². The fourth-order valence-corrected chi connectivity index (χ4v) is 6.12. The van der Waals surface area contributed by atoms with Crippen LogP contribution >= 0.6 is 23.1 Å². The molecule has 0 saturated carbocycles. The zero-order valence-electron chi connectivity index (χ0n) is 12.2. The summed E-state index contributed by atoms with van der Waals surface area (Å²) in [6.07, 6.45) is 4.58. The van der Waals surface area contributed by atoms with Gasteiger partial charge in [0, 0.05) is 50.1 Å². The van der Waals surface area contributed by atoms with Gasteiger partial charge < -0.3 is 4.74 Å². The van der Waals surface area contributed by atoms with Gasteiger partial charge in [-0.05, 0) is 12.8 Å². The largest absolute Gasteiger partial charge is 0.379 e. The molecule has 3 aliphatic rings. The highest BCUT2D eigenvalue weighted by molar-refractivity contribution is 8.00. The Bertz CT molecular complexity index is 460. The average Bonchev–Trinajstić information content (AvgIpc) is 3.27. The highest BCUT2D eigenvalue weighted by Gasteiger charge is 2.52. The van der Waals surface area contributed by atoms with Crippen molar-refractivity contribution in [2.45, 2.75) is 17.8 Å². The molecule has 1 aromatic rings. The van der Waals surface area contributed by atoms with Gasteiger partial charge in [-0.3, -0.25) is 4.90 Å². The molecule has 0 bridgehead atoms. The molecule has 1 unspecified atom stereocenters. The van der Waals surface area contributed by atoms with Crippen LogP contribution in [-0.2, 0) is 9.73 Å². The highest BCUT2D eigenvalue weighted by Crippen LogP contribution is 2.49. The molecule has 21 heavy (non-hydrogen) atoms. The van der Waals surface area contributed by atoms with Crippen LogP contribution in [0.1, 0.15) is 17.8 Å². The summed E-state index contributed by atoms with van der Waals surface area (Å²) in [6.45, 7) is 7.18. The first-order valence-corrected chi connectivity index (χ1v) is 9.67. The number of hydrogen-bond donors (Lipinski definition) is 0. The van der Waals surface area contributed by atoms with Crippen molar-refractivity contribution in [1.29, 1.82) is 0 Å². The lowest BCUT2D eigenvalue weighted by molar-refractivity contribution is -0.134. The number of hydrazine groups is 1. The van der Waals surface area contributed by atoms with Crippen molar-refractivity contribution in [3.05, 3.63) is 16.6 Å². The van der Waals surface area contributed by atoms with Crippen LogP contribution in [0.4, 0.5) is 0 Å². The van der Waals surface area contributed by atoms with Gasteiger partial charge >= 0.3 is 0 Å². The number of thioether (sulfide) groups is 1.